The maximum Gasteiger partial charge on any atom is 0.273 e. The molecule has 0 unspecified atom stereocenters. The largest absolute Gasteiger partial charge is 0.395 e. The van der Waals surface area contributed by atoms with Crippen molar-refractivity contribution >= 4 is 28.8 Å². The van der Waals surface area contributed by atoms with Gasteiger partial charge in [0.2, 0.25) is 5.91 Å². The minimum absolute atomic E-state index is 0.0374. The van der Waals surface area contributed by atoms with Crippen LogP contribution in [0.1, 0.15) is 27.2 Å². The average molecular weight is 401 g/mol. The van der Waals surface area contributed by atoms with Crippen molar-refractivity contribution in [2.75, 3.05) is 19.7 Å². The Bertz CT molecular complexity index is 1110. The molecule has 0 radical (unpaired) electrons. The maximum absolute atomic E-state index is 12.7. The first kappa shape index (κ1) is 19.8. The number of pyridine rings is 1. The van der Waals surface area contributed by atoms with Gasteiger partial charge in [0.1, 0.15) is 5.69 Å². The number of aliphatic hydroxyl groups excluding tert-OH is 1. The lowest BCUT2D eigenvalue weighted by molar-refractivity contribution is -0.120. The van der Waals surface area contributed by atoms with Gasteiger partial charge >= 0.3 is 0 Å². The summed E-state index contributed by atoms with van der Waals surface area (Å²) in [5.74, 6) is -0.148. The third kappa shape index (κ3) is 4.39. The van der Waals surface area contributed by atoms with Gasteiger partial charge in [-0.1, -0.05) is 54.6 Å². The molecule has 0 atom stereocenters. The van der Waals surface area contributed by atoms with Gasteiger partial charge in [0.25, 0.3) is 5.91 Å². The molecule has 2 N–H and O–H groups in total. The van der Waals surface area contributed by atoms with E-state index in [9.17, 15) is 9.59 Å². The van der Waals surface area contributed by atoms with E-state index >= 15 is 0 Å². The number of nitrogens with one attached hydrogen (secondary N) is 1. The van der Waals surface area contributed by atoms with Crippen molar-refractivity contribution < 1.29 is 14.7 Å². The highest BCUT2D eigenvalue weighted by Crippen LogP contribution is 2.25. The molecule has 2 amide bonds. The summed E-state index contributed by atoms with van der Waals surface area (Å²) < 4.78 is 0. The molecule has 2 heterocycles. The Labute approximate surface area is 174 Å². The van der Waals surface area contributed by atoms with Crippen LogP contribution in [0.5, 0.6) is 0 Å². The first-order chi connectivity index (χ1) is 14.6. The average Bonchev–Trinajstić information content (AvgIpc) is 3.06. The number of hydrogen-bond acceptors (Lipinski definition) is 4. The Balaban J connectivity index is 1.36. The van der Waals surface area contributed by atoms with Crippen molar-refractivity contribution in [1.29, 1.82) is 0 Å². The summed E-state index contributed by atoms with van der Waals surface area (Å²) in [5.41, 5.74) is 4.27. The van der Waals surface area contributed by atoms with Crippen LogP contribution in [0.3, 0.4) is 0 Å². The Morgan fingerprint density at radius 2 is 1.97 bits per heavy atom. The van der Waals surface area contributed by atoms with Gasteiger partial charge in [-0.3, -0.25) is 9.59 Å². The van der Waals surface area contributed by atoms with E-state index in [1.54, 1.807) is 4.90 Å². The highest BCUT2D eigenvalue weighted by molar-refractivity contribution is 5.99. The van der Waals surface area contributed by atoms with E-state index in [4.69, 9.17) is 5.11 Å². The second kappa shape index (κ2) is 8.88. The lowest BCUT2D eigenvalue weighted by Gasteiger charge is -2.11. The number of para-hydroxylation sites is 1. The molecular formula is C24H23N3O3. The molecule has 2 aromatic carbocycles. The fourth-order valence-corrected chi connectivity index (χ4v) is 3.55. The van der Waals surface area contributed by atoms with Gasteiger partial charge in [0, 0.05) is 30.6 Å². The summed E-state index contributed by atoms with van der Waals surface area (Å²) in [6, 6.07) is 17.6. The zero-order chi connectivity index (χ0) is 20.9. The summed E-state index contributed by atoms with van der Waals surface area (Å²) in [6.45, 7) is 1.28. The second-order valence-corrected chi connectivity index (χ2v) is 7.27. The molecule has 0 bridgehead atoms. The molecule has 0 spiro atoms. The lowest BCUT2D eigenvalue weighted by atomic mass is 10.1. The lowest BCUT2D eigenvalue weighted by Crippen LogP contribution is -2.27. The summed E-state index contributed by atoms with van der Waals surface area (Å²) in [4.78, 5) is 30.7. The molecule has 0 saturated carbocycles. The molecule has 152 valence electrons. The number of nitrogens with zero attached hydrogens (tertiary/aromatic N) is 2. The van der Waals surface area contributed by atoms with Crippen LogP contribution in [-0.2, 0) is 17.8 Å². The van der Waals surface area contributed by atoms with Crippen LogP contribution in [-0.4, -0.2) is 46.5 Å². The minimum Gasteiger partial charge on any atom is -0.395 e. The van der Waals surface area contributed by atoms with E-state index in [-0.39, 0.29) is 31.4 Å². The molecule has 0 aliphatic carbocycles. The van der Waals surface area contributed by atoms with E-state index in [1.165, 1.54) is 0 Å². The number of fused-ring (bicyclic) bond motifs is 2. The number of carbonyl (C=O) groups excluding carboxylic acids is 2. The molecule has 3 aromatic rings. The fraction of sp³-hybridized carbons (Fsp3) is 0.208. The maximum atomic E-state index is 12.7. The van der Waals surface area contributed by atoms with Crippen molar-refractivity contribution in [1.82, 2.24) is 15.2 Å². The third-order valence-corrected chi connectivity index (χ3v) is 5.07. The van der Waals surface area contributed by atoms with Gasteiger partial charge in [0.05, 0.1) is 18.5 Å². The number of amides is 2. The normalized spacial score (nSPS) is 13.2. The Morgan fingerprint density at radius 1 is 1.17 bits per heavy atom. The van der Waals surface area contributed by atoms with E-state index < -0.39 is 0 Å². The zero-order valence-corrected chi connectivity index (χ0v) is 16.5. The van der Waals surface area contributed by atoms with Gasteiger partial charge in [-0.15, -0.1) is 0 Å². The Kier molecular flexibility index (Phi) is 5.86. The number of hydrogen-bond donors (Lipinski definition) is 2. The topological polar surface area (TPSA) is 82.5 Å². The van der Waals surface area contributed by atoms with E-state index in [0.717, 1.165) is 27.6 Å². The molecule has 6 heteroatoms. The van der Waals surface area contributed by atoms with E-state index in [1.807, 2.05) is 60.7 Å². The van der Waals surface area contributed by atoms with Crippen molar-refractivity contribution in [2.45, 2.75) is 13.0 Å². The quantitative estimate of drug-likeness (QED) is 0.637. The highest BCUT2D eigenvalue weighted by atomic mass is 16.3. The molecule has 4 rings (SSSR count). The van der Waals surface area contributed by atoms with Crippen molar-refractivity contribution in [3.05, 3.63) is 83.1 Å². The van der Waals surface area contributed by atoms with Gasteiger partial charge in [-0.05, 0) is 23.3 Å². The van der Waals surface area contributed by atoms with E-state index in [0.29, 0.717) is 18.8 Å². The van der Waals surface area contributed by atoms with Crippen molar-refractivity contribution in [2.24, 2.45) is 0 Å². The summed E-state index contributed by atoms with van der Waals surface area (Å²) in [5, 5.41) is 12.4. The summed E-state index contributed by atoms with van der Waals surface area (Å²) in [6.07, 6.45) is 4.22. The summed E-state index contributed by atoms with van der Waals surface area (Å²) >= 11 is 0. The number of carbonyl (C=O) groups is 2. The van der Waals surface area contributed by atoms with Crippen LogP contribution >= 0.6 is 0 Å². The van der Waals surface area contributed by atoms with Gasteiger partial charge in [-0.2, -0.15) is 0 Å². The molecule has 30 heavy (non-hydrogen) atoms. The van der Waals surface area contributed by atoms with Crippen LogP contribution in [0.4, 0.5) is 0 Å². The first-order valence-corrected chi connectivity index (χ1v) is 9.95. The predicted octanol–water partition coefficient (Wildman–Crippen LogP) is 2.56. The number of aliphatic hydroxyl groups is 1. The van der Waals surface area contributed by atoms with Crippen molar-refractivity contribution in [3.8, 4) is 0 Å². The number of rotatable bonds is 7. The Morgan fingerprint density at radius 3 is 2.77 bits per heavy atom. The van der Waals surface area contributed by atoms with Gasteiger partial charge in [0.15, 0.2) is 0 Å². The van der Waals surface area contributed by atoms with Gasteiger partial charge in [-0.25, -0.2) is 4.98 Å². The van der Waals surface area contributed by atoms with Crippen molar-refractivity contribution in [3.63, 3.8) is 0 Å². The van der Waals surface area contributed by atoms with E-state index in [2.05, 4.69) is 16.4 Å². The monoisotopic (exact) mass is 401 g/mol. The van der Waals surface area contributed by atoms with Crippen LogP contribution in [0.15, 0.2) is 60.7 Å². The minimum atomic E-state index is -0.110. The number of aromatic nitrogens is 1. The zero-order valence-electron chi connectivity index (χ0n) is 16.5. The molecule has 0 fully saturated rings. The molecular weight excluding hydrogens is 378 g/mol. The van der Waals surface area contributed by atoms with Crippen LogP contribution in [0.25, 0.3) is 17.0 Å². The van der Waals surface area contributed by atoms with Crippen LogP contribution in [0, 0.1) is 0 Å². The van der Waals surface area contributed by atoms with Gasteiger partial charge < -0.3 is 15.3 Å². The number of benzene rings is 2. The molecule has 1 aliphatic rings. The first-order valence-electron chi connectivity index (χ1n) is 9.95. The second-order valence-electron chi connectivity index (χ2n) is 7.27. The van der Waals surface area contributed by atoms with Crippen LogP contribution < -0.4 is 5.32 Å². The van der Waals surface area contributed by atoms with Crippen LogP contribution in [0.2, 0.25) is 0 Å². The standard InChI is InChI=1S/C24H23N3O3/c28-13-11-25-22(29)14-18-9-7-17(8-10-18)4-3-12-27-16-20-15-19-5-1-2-6-21(19)26-23(20)24(27)30/h1-10,15,28H,11-14,16H2,(H,25,29)/b4-3+. The highest BCUT2D eigenvalue weighted by Gasteiger charge is 2.28. The molecule has 6 nitrogen and oxygen atoms in total. The molecule has 1 aliphatic heterocycles. The summed E-state index contributed by atoms with van der Waals surface area (Å²) in [7, 11) is 0. The third-order valence-electron chi connectivity index (χ3n) is 5.07. The fourth-order valence-electron chi connectivity index (χ4n) is 3.55. The smallest absolute Gasteiger partial charge is 0.273 e. The SMILES string of the molecule is O=C(Cc1ccc(/C=C/CN2Cc3cc4ccccc4nc3C2=O)cc1)NCCO. The Hall–Kier alpha value is -3.51. The molecule has 1 aromatic heterocycles. The molecule has 0 saturated heterocycles. The predicted molar refractivity (Wildman–Crippen MR) is 116 cm³/mol.